The molecule has 0 aromatic rings. The number of amides is 3. The van der Waals surface area contributed by atoms with Crippen molar-refractivity contribution >= 4 is 17.9 Å². The van der Waals surface area contributed by atoms with Crippen LogP contribution < -0.4 is 5.32 Å². The van der Waals surface area contributed by atoms with E-state index >= 15 is 0 Å². The third-order valence-electron chi connectivity index (χ3n) is 7.11. The number of hydrogen-bond acceptors (Lipinski definition) is 4. The Labute approximate surface area is 160 Å². The summed E-state index contributed by atoms with van der Waals surface area (Å²) >= 11 is 0. The first-order chi connectivity index (χ1) is 12.9. The zero-order chi connectivity index (χ0) is 19.0. The van der Waals surface area contributed by atoms with Crippen LogP contribution in [0.2, 0.25) is 0 Å². The van der Waals surface area contributed by atoms with Crippen LogP contribution in [0.15, 0.2) is 0 Å². The summed E-state index contributed by atoms with van der Waals surface area (Å²) in [6.07, 6.45) is 7.97. The normalized spacial score (nSPS) is 33.9. The van der Waals surface area contributed by atoms with Crippen LogP contribution in [0.1, 0.15) is 44.9 Å². The molecular weight excluding hydrogens is 346 g/mol. The highest BCUT2D eigenvalue weighted by Gasteiger charge is 2.51. The number of likely N-dealkylation sites (N-methyl/N-ethyl adjacent to an activating group) is 1. The Morgan fingerprint density at radius 3 is 2.37 bits per heavy atom. The molecule has 7 nitrogen and oxygen atoms in total. The minimum absolute atomic E-state index is 0.0156. The van der Waals surface area contributed by atoms with Crippen molar-refractivity contribution in [1.29, 1.82) is 0 Å². The van der Waals surface area contributed by atoms with Crippen LogP contribution in [-0.4, -0.2) is 67.5 Å². The first kappa shape index (κ1) is 18.6. The monoisotopic (exact) mass is 377 g/mol. The highest BCUT2D eigenvalue weighted by molar-refractivity contribution is 5.85. The predicted molar refractivity (Wildman–Crippen MR) is 98.8 cm³/mol. The average Bonchev–Trinajstić information content (AvgIpc) is 3.01. The van der Waals surface area contributed by atoms with Gasteiger partial charge in [0.2, 0.25) is 11.8 Å². The number of nitrogens with zero attached hydrogens (tertiary/aromatic N) is 2. The second-order valence-electron chi connectivity index (χ2n) is 9.29. The number of hydrogen-bond donors (Lipinski definition) is 1. The maximum atomic E-state index is 12.5. The van der Waals surface area contributed by atoms with Gasteiger partial charge in [-0.2, -0.15) is 0 Å². The van der Waals surface area contributed by atoms with Crippen LogP contribution in [0.3, 0.4) is 0 Å². The second kappa shape index (κ2) is 7.32. The van der Waals surface area contributed by atoms with Gasteiger partial charge in [0.05, 0.1) is 13.1 Å². The van der Waals surface area contributed by atoms with Gasteiger partial charge in [-0.05, 0) is 61.7 Å². The van der Waals surface area contributed by atoms with Crippen LogP contribution in [0.4, 0.5) is 4.79 Å². The molecule has 1 heterocycles. The van der Waals surface area contributed by atoms with E-state index in [1.165, 1.54) is 38.5 Å². The molecule has 1 N–H and O–H groups in total. The molecule has 4 saturated carbocycles. The molecular formula is C20H31N3O4. The molecule has 0 spiro atoms. The fraction of sp³-hybridized carbons (Fsp3) is 0.850. The summed E-state index contributed by atoms with van der Waals surface area (Å²) in [7, 11) is 1.70. The SMILES string of the molecule is CN(CCN1CCOC1=O)C(=O)CNC(=O)CC12CC3CC(CC(C3)C1)C2. The van der Waals surface area contributed by atoms with Crippen molar-refractivity contribution in [1.82, 2.24) is 15.1 Å². The summed E-state index contributed by atoms with van der Waals surface area (Å²) in [6.45, 7) is 1.92. The van der Waals surface area contributed by atoms with Crippen molar-refractivity contribution in [2.24, 2.45) is 23.2 Å². The number of rotatable bonds is 7. The van der Waals surface area contributed by atoms with Gasteiger partial charge in [-0.15, -0.1) is 0 Å². The lowest BCUT2D eigenvalue weighted by Crippen LogP contribution is -2.48. The molecule has 0 aromatic heterocycles. The van der Waals surface area contributed by atoms with Gasteiger partial charge >= 0.3 is 6.09 Å². The maximum absolute atomic E-state index is 12.5. The van der Waals surface area contributed by atoms with Gasteiger partial charge < -0.3 is 19.9 Å². The Balaban J connectivity index is 1.20. The van der Waals surface area contributed by atoms with E-state index in [0.29, 0.717) is 32.7 Å². The van der Waals surface area contributed by atoms with Gasteiger partial charge in [-0.3, -0.25) is 9.59 Å². The van der Waals surface area contributed by atoms with E-state index in [1.54, 1.807) is 16.8 Å². The van der Waals surface area contributed by atoms with Crippen molar-refractivity contribution in [3.8, 4) is 0 Å². The smallest absolute Gasteiger partial charge is 0.409 e. The third-order valence-corrected chi connectivity index (χ3v) is 7.11. The Kier molecular flexibility index (Phi) is 5.03. The summed E-state index contributed by atoms with van der Waals surface area (Å²) in [6, 6.07) is 0. The zero-order valence-corrected chi connectivity index (χ0v) is 16.2. The summed E-state index contributed by atoms with van der Waals surface area (Å²) < 4.78 is 4.88. The van der Waals surface area contributed by atoms with E-state index in [0.717, 1.165) is 17.8 Å². The standard InChI is InChI=1S/C20H31N3O4/c1-22(2-3-23-4-5-27-19(23)26)18(25)13-21-17(24)12-20-9-14-6-15(10-20)8-16(7-14)11-20/h14-16H,2-13H2,1H3,(H,21,24). The van der Waals surface area contributed by atoms with Gasteiger partial charge in [0, 0.05) is 26.6 Å². The van der Waals surface area contributed by atoms with E-state index in [-0.39, 0.29) is 29.9 Å². The molecule has 5 aliphatic rings. The largest absolute Gasteiger partial charge is 0.448 e. The molecule has 1 saturated heterocycles. The number of carbonyl (C=O) groups is 3. The first-order valence-electron chi connectivity index (χ1n) is 10.3. The summed E-state index contributed by atoms with van der Waals surface area (Å²) in [5, 5.41) is 2.84. The first-order valence-corrected chi connectivity index (χ1v) is 10.3. The van der Waals surface area contributed by atoms with Gasteiger partial charge in [0.25, 0.3) is 0 Å². The van der Waals surface area contributed by atoms with Gasteiger partial charge in [0.15, 0.2) is 0 Å². The zero-order valence-electron chi connectivity index (χ0n) is 16.2. The van der Waals surface area contributed by atoms with E-state index in [4.69, 9.17) is 4.74 Å². The molecule has 7 heteroatoms. The van der Waals surface area contributed by atoms with Crippen LogP contribution in [0, 0.1) is 23.2 Å². The molecule has 0 aromatic carbocycles. The number of carbonyl (C=O) groups excluding carboxylic acids is 3. The molecule has 0 unspecified atom stereocenters. The minimum Gasteiger partial charge on any atom is -0.448 e. The lowest BCUT2D eigenvalue weighted by molar-refractivity contribution is -0.135. The van der Waals surface area contributed by atoms with Crippen LogP contribution >= 0.6 is 0 Å². The Hall–Kier alpha value is -1.79. The van der Waals surface area contributed by atoms with Gasteiger partial charge in [-0.1, -0.05) is 0 Å². The molecule has 5 fully saturated rings. The van der Waals surface area contributed by atoms with Crippen LogP contribution in [-0.2, 0) is 14.3 Å². The van der Waals surface area contributed by atoms with E-state index in [9.17, 15) is 14.4 Å². The fourth-order valence-corrected chi connectivity index (χ4v) is 6.24. The topological polar surface area (TPSA) is 79.0 Å². The molecule has 0 atom stereocenters. The van der Waals surface area contributed by atoms with Gasteiger partial charge in [0.1, 0.15) is 6.61 Å². The van der Waals surface area contributed by atoms with E-state index in [2.05, 4.69) is 5.32 Å². The Bertz CT molecular complexity index is 585. The lowest BCUT2D eigenvalue weighted by Gasteiger charge is -2.56. The molecule has 150 valence electrons. The molecule has 1 aliphatic heterocycles. The molecule has 4 bridgehead atoms. The fourth-order valence-electron chi connectivity index (χ4n) is 6.24. The van der Waals surface area contributed by atoms with Gasteiger partial charge in [-0.25, -0.2) is 4.79 Å². The molecule has 4 aliphatic carbocycles. The lowest BCUT2D eigenvalue weighted by atomic mass is 9.49. The molecule has 27 heavy (non-hydrogen) atoms. The van der Waals surface area contributed by atoms with Crippen molar-refractivity contribution in [2.75, 3.05) is 39.8 Å². The quantitative estimate of drug-likeness (QED) is 0.731. The molecule has 0 radical (unpaired) electrons. The molecule has 5 rings (SSSR count). The van der Waals surface area contributed by atoms with Crippen molar-refractivity contribution in [3.05, 3.63) is 0 Å². The number of ether oxygens (including phenoxy) is 1. The Morgan fingerprint density at radius 2 is 1.81 bits per heavy atom. The number of cyclic esters (lactones) is 1. The summed E-state index contributed by atoms with van der Waals surface area (Å²) in [4.78, 5) is 39.4. The third kappa shape index (κ3) is 4.06. The Morgan fingerprint density at radius 1 is 1.19 bits per heavy atom. The van der Waals surface area contributed by atoms with Crippen molar-refractivity contribution < 1.29 is 19.1 Å². The van der Waals surface area contributed by atoms with Crippen molar-refractivity contribution in [3.63, 3.8) is 0 Å². The second-order valence-corrected chi connectivity index (χ2v) is 9.29. The van der Waals surface area contributed by atoms with Crippen LogP contribution in [0.5, 0.6) is 0 Å². The maximum Gasteiger partial charge on any atom is 0.409 e. The highest BCUT2D eigenvalue weighted by Crippen LogP contribution is 2.61. The summed E-state index contributed by atoms with van der Waals surface area (Å²) in [5.41, 5.74) is 0.198. The average molecular weight is 377 g/mol. The number of nitrogens with one attached hydrogen (secondary N) is 1. The predicted octanol–water partition coefficient (Wildman–Crippen LogP) is 1.62. The summed E-state index contributed by atoms with van der Waals surface area (Å²) in [5.74, 6) is 2.38. The van der Waals surface area contributed by atoms with E-state index < -0.39 is 0 Å². The van der Waals surface area contributed by atoms with Crippen molar-refractivity contribution in [2.45, 2.75) is 44.9 Å². The van der Waals surface area contributed by atoms with E-state index in [1.807, 2.05) is 0 Å². The highest BCUT2D eigenvalue weighted by atomic mass is 16.6. The molecule has 3 amide bonds. The minimum atomic E-state index is -0.320. The van der Waals surface area contributed by atoms with Crippen LogP contribution in [0.25, 0.3) is 0 Å².